The van der Waals surface area contributed by atoms with E-state index >= 15 is 0 Å². The van der Waals surface area contributed by atoms with Gasteiger partial charge in [-0.25, -0.2) is 0 Å². The first kappa shape index (κ1) is 15.1. The third kappa shape index (κ3) is 3.22. The van der Waals surface area contributed by atoms with Crippen molar-refractivity contribution in [1.29, 1.82) is 0 Å². The molecule has 0 aromatic heterocycles. The van der Waals surface area contributed by atoms with Crippen LogP contribution in [0.25, 0.3) is 0 Å². The molecule has 3 heteroatoms. The van der Waals surface area contributed by atoms with Gasteiger partial charge in [-0.2, -0.15) is 0 Å². The van der Waals surface area contributed by atoms with Crippen molar-refractivity contribution >= 4 is 0 Å². The normalized spacial score (nSPS) is 16.7. The van der Waals surface area contributed by atoms with Crippen LogP contribution in [0, 0.1) is 13.8 Å². The van der Waals surface area contributed by atoms with Crippen molar-refractivity contribution in [2.24, 2.45) is 5.84 Å². The third-order valence-corrected chi connectivity index (χ3v) is 4.34. The van der Waals surface area contributed by atoms with Crippen LogP contribution in [0.15, 0.2) is 23.8 Å². The lowest BCUT2D eigenvalue weighted by molar-refractivity contribution is 0.394. The van der Waals surface area contributed by atoms with E-state index in [0.717, 1.165) is 17.7 Å². The van der Waals surface area contributed by atoms with Crippen molar-refractivity contribution in [2.75, 3.05) is 7.11 Å². The smallest absolute Gasteiger partial charge is 0.126 e. The Kier molecular flexibility index (Phi) is 5.21. The van der Waals surface area contributed by atoms with Crippen LogP contribution >= 0.6 is 0 Å². The lowest BCUT2D eigenvalue weighted by atomic mass is 9.90. The van der Waals surface area contributed by atoms with E-state index in [0.29, 0.717) is 0 Å². The number of hydrogen-bond acceptors (Lipinski definition) is 3. The van der Waals surface area contributed by atoms with Gasteiger partial charge in [-0.05, 0) is 57.1 Å². The van der Waals surface area contributed by atoms with Crippen LogP contribution < -0.4 is 16.0 Å². The van der Waals surface area contributed by atoms with Gasteiger partial charge in [-0.3, -0.25) is 11.3 Å². The number of benzene rings is 1. The average Bonchev–Trinajstić information content (AvgIpc) is 2.48. The highest BCUT2D eigenvalue weighted by molar-refractivity contribution is 5.47. The highest BCUT2D eigenvalue weighted by Gasteiger charge is 2.19. The quantitative estimate of drug-likeness (QED) is 0.489. The molecule has 20 heavy (non-hydrogen) atoms. The molecule has 3 N–H and O–H groups in total. The van der Waals surface area contributed by atoms with Crippen LogP contribution in [0.3, 0.4) is 0 Å². The zero-order chi connectivity index (χ0) is 14.5. The highest BCUT2D eigenvalue weighted by atomic mass is 16.5. The van der Waals surface area contributed by atoms with Crippen molar-refractivity contribution in [3.05, 3.63) is 40.5 Å². The molecule has 0 fully saturated rings. The van der Waals surface area contributed by atoms with Crippen LogP contribution in [0.1, 0.15) is 54.8 Å². The van der Waals surface area contributed by atoms with Crippen LogP contribution in [0.2, 0.25) is 0 Å². The molecule has 110 valence electrons. The van der Waals surface area contributed by atoms with Crippen molar-refractivity contribution in [1.82, 2.24) is 5.43 Å². The highest BCUT2D eigenvalue weighted by Crippen LogP contribution is 2.35. The molecule has 1 aromatic rings. The average molecular weight is 274 g/mol. The molecule has 0 spiro atoms. The maximum absolute atomic E-state index is 5.80. The fraction of sp³-hybridized carbons (Fsp3) is 0.529. The number of hydrogen-bond donors (Lipinski definition) is 2. The van der Waals surface area contributed by atoms with E-state index in [1.165, 1.54) is 42.4 Å². The second-order valence-electron chi connectivity index (χ2n) is 5.66. The molecule has 1 atom stereocenters. The minimum atomic E-state index is 0.119. The summed E-state index contributed by atoms with van der Waals surface area (Å²) in [6.07, 6.45) is 8.36. The van der Waals surface area contributed by atoms with E-state index in [4.69, 9.17) is 10.6 Å². The number of aryl methyl sites for hydroxylation is 1. The van der Waals surface area contributed by atoms with E-state index in [9.17, 15) is 0 Å². The van der Waals surface area contributed by atoms with Gasteiger partial charge < -0.3 is 4.74 Å². The van der Waals surface area contributed by atoms with Gasteiger partial charge in [0.25, 0.3) is 0 Å². The fourth-order valence-corrected chi connectivity index (χ4v) is 2.97. The summed E-state index contributed by atoms with van der Waals surface area (Å²) in [5.41, 5.74) is 8.08. The zero-order valence-electron chi connectivity index (χ0n) is 12.8. The summed E-state index contributed by atoms with van der Waals surface area (Å²) < 4.78 is 5.61. The second-order valence-corrected chi connectivity index (χ2v) is 5.66. The molecule has 1 aliphatic rings. The number of nitrogens with two attached hydrogens (primary N) is 1. The van der Waals surface area contributed by atoms with E-state index in [1.54, 1.807) is 7.11 Å². The van der Waals surface area contributed by atoms with Crippen LogP contribution in [-0.2, 0) is 0 Å². The number of rotatable bonds is 5. The Bertz CT molecular complexity index is 494. The fourth-order valence-electron chi connectivity index (χ4n) is 2.97. The lowest BCUT2D eigenvalue weighted by Gasteiger charge is -2.23. The van der Waals surface area contributed by atoms with E-state index < -0.39 is 0 Å². The topological polar surface area (TPSA) is 47.3 Å². The number of allylic oxidation sites excluding steroid dienone is 1. The molecule has 0 amide bonds. The van der Waals surface area contributed by atoms with E-state index in [1.807, 2.05) is 0 Å². The monoisotopic (exact) mass is 274 g/mol. The number of methoxy groups -OCH3 is 1. The first-order valence-electron chi connectivity index (χ1n) is 7.45. The summed E-state index contributed by atoms with van der Waals surface area (Å²) in [6, 6.07) is 4.40. The molecule has 0 saturated carbocycles. The van der Waals surface area contributed by atoms with E-state index in [2.05, 4.69) is 37.5 Å². The first-order chi connectivity index (χ1) is 9.67. The maximum atomic E-state index is 5.80. The van der Waals surface area contributed by atoms with Gasteiger partial charge in [0, 0.05) is 5.56 Å². The summed E-state index contributed by atoms with van der Waals surface area (Å²) in [7, 11) is 1.73. The molecule has 1 unspecified atom stereocenters. The Morgan fingerprint density at radius 2 is 2.10 bits per heavy atom. The van der Waals surface area contributed by atoms with Gasteiger partial charge in [0.05, 0.1) is 13.2 Å². The van der Waals surface area contributed by atoms with Crippen molar-refractivity contribution in [2.45, 2.75) is 52.0 Å². The molecular weight excluding hydrogens is 248 g/mol. The zero-order valence-corrected chi connectivity index (χ0v) is 12.8. The van der Waals surface area contributed by atoms with Crippen molar-refractivity contribution in [3.8, 4) is 5.75 Å². The Labute approximate surface area is 122 Å². The molecule has 3 nitrogen and oxygen atoms in total. The van der Waals surface area contributed by atoms with Crippen LogP contribution in [0.5, 0.6) is 5.75 Å². The summed E-state index contributed by atoms with van der Waals surface area (Å²) in [5.74, 6) is 6.76. The van der Waals surface area contributed by atoms with Gasteiger partial charge in [0.15, 0.2) is 0 Å². The first-order valence-corrected chi connectivity index (χ1v) is 7.45. The molecule has 1 aromatic carbocycles. The summed E-state index contributed by atoms with van der Waals surface area (Å²) in [6.45, 7) is 4.21. The SMILES string of the molecule is COc1c(C(CC2=CCCCC2)NN)ccc(C)c1C. The van der Waals surface area contributed by atoms with Gasteiger partial charge in [0.1, 0.15) is 5.75 Å². The van der Waals surface area contributed by atoms with Gasteiger partial charge >= 0.3 is 0 Å². The van der Waals surface area contributed by atoms with E-state index in [-0.39, 0.29) is 6.04 Å². The summed E-state index contributed by atoms with van der Waals surface area (Å²) in [4.78, 5) is 0. The maximum Gasteiger partial charge on any atom is 0.126 e. The van der Waals surface area contributed by atoms with Gasteiger partial charge in [-0.1, -0.05) is 23.8 Å². The molecule has 0 saturated heterocycles. The standard InChI is InChI=1S/C17H26N2O/c1-12-9-10-15(17(20-3)13(12)2)16(19-18)11-14-7-5-4-6-8-14/h7,9-10,16,19H,4-6,8,11,18H2,1-3H3. The predicted molar refractivity (Wildman–Crippen MR) is 83.7 cm³/mol. The molecule has 1 aliphatic carbocycles. The lowest BCUT2D eigenvalue weighted by Crippen LogP contribution is -2.29. The predicted octanol–water partition coefficient (Wildman–Crippen LogP) is 3.71. The van der Waals surface area contributed by atoms with Crippen molar-refractivity contribution < 1.29 is 4.74 Å². The Balaban J connectivity index is 2.27. The molecule has 0 radical (unpaired) electrons. The Morgan fingerprint density at radius 1 is 1.30 bits per heavy atom. The molecule has 2 rings (SSSR count). The third-order valence-electron chi connectivity index (χ3n) is 4.34. The number of ether oxygens (including phenoxy) is 1. The Hall–Kier alpha value is -1.32. The molecule has 0 bridgehead atoms. The Morgan fingerprint density at radius 3 is 2.70 bits per heavy atom. The van der Waals surface area contributed by atoms with Crippen LogP contribution in [-0.4, -0.2) is 7.11 Å². The molecule has 0 heterocycles. The minimum Gasteiger partial charge on any atom is -0.496 e. The second kappa shape index (κ2) is 6.91. The molecular formula is C17H26N2O. The number of nitrogens with one attached hydrogen (secondary N) is 1. The number of hydrazine groups is 1. The minimum absolute atomic E-state index is 0.119. The van der Waals surface area contributed by atoms with Gasteiger partial charge in [0.2, 0.25) is 0 Å². The van der Waals surface area contributed by atoms with Gasteiger partial charge in [-0.15, -0.1) is 0 Å². The largest absolute Gasteiger partial charge is 0.496 e. The summed E-state index contributed by atoms with van der Waals surface area (Å²) in [5, 5.41) is 0. The molecule has 0 aliphatic heterocycles. The summed E-state index contributed by atoms with van der Waals surface area (Å²) >= 11 is 0. The van der Waals surface area contributed by atoms with Crippen molar-refractivity contribution in [3.63, 3.8) is 0 Å². The van der Waals surface area contributed by atoms with Crippen LogP contribution in [0.4, 0.5) is 0 Å².